The lowest BCUT2D eigenvalue weighted by atomic mass is 10.0. The standard InChI is InChI=1S/C35H37ClN6O4/c1-3-12-42-13-9-24(10-14-42)17-34(43)41-31-19-28-30(20-33(31)45-16-15-44-2)39-22-25(21-37)35(28)40-26-7-8-32(29(36)18-26)46-23-27-6-4-5-11-38-27/h4-8,11,17-20,22H,3,9-10,12-16,23H2,1-2H3,(H,39,40)(H,41,43). The molecule has 1 aliphatic rings. The molecule has 2 N–H and O–H groups in total. The number of hydrogen-bond acceptors (Lipinski definition) is 9. The Bertz CT molecular complexity index is 1730. The quantitative estimate of drug-likeness (QED) is 0.119. The molecular formula is C35H37ClN6O4. The van der Waals surface area contributed by atoms with Crippen molar-refractivity contribution in [3.8, 4) is 17.6 Å². The van der Waals surface area contributed by atoms with Gasteiger partial charge in [0, 0.05) is 55.8 Å². The number of halogens is 1. The maximum atomic E-state index is 13.2. The molecule has 0 saturated carbocycles. The Labute approximate surface area is 274 Å². The van der Waals surface area contributed by atoms with Gasteiger partial charge in [0.1, 0.15) is 30.8 Å². The van der Waals surface area contributed by atoms with E-state index < -0.39 is 0 Å². The average Bonchev–Trinajstić information content (AvgIpc) is 3.06. The number of hydrogen-bond donors (Lipinski definition) is 2. The smallest absolute Gasteiger partial charge is 0.248 e. The Hall–Kier alpha value is -4.69. The van der Waals surface area contributed by atoms with Crippen LogP contribution in [0.25, 0.3) is 10.9 Å². The molecule has 46 heavy (non-hydrogen) atoms. The minimum absolute atomic E-state index is 0.234. The Morgan fingerprint density at radius 1 is 1.09 bits per heavy atom. The number of amides is 1. The van der Waals surface area contributed by atoms with Gasteiger partial charge >= 0.3 is 0 Å². The first-order valence-electron chi connectivity index (χ1n) is 15.3. The van der Waals surface area contributed by atoms with Crippen molar-refractivity contribution in [3.63, 3.8) is 0 Å². The number of benzene rings is 2. The molecule has 0 radical (unpaired) electrons. The van der Waals surface area contributed by atoms with Gasteiger partial charge in [-0.15, -0.1) is 0 Å². The summed E-state index contributed by atoms with van der Waals surface area (Å²) >= 11 is 6.58. The molecular weight excluding hydrogens is 604 g/mol. The summed E-state index contributed by atoms with van der Waals surface area (Å²) in [7, 11) is 1.60. The van der Waals surface area contributed by atoms with E-state index in [4.69, 9.17) is 25.8 Å². The fourth-order valence-corrected chi connectivity index (χ4v) is 5.48. The maximum absolute atomic E-state index is 13.2. The van der Waals surface area contributed by atoms with Crippen LogP contribution >= 0.6 is 11.6 Å². The van der Waals surface area contributed by atoms with Crippen LogP contribution < -0.4 is 20.1 Å². The number of aromatic nitrogens is 2. The number of likely N-dealkylation sites (tertiary alicyclic amines) is 1. The first kappa shape index (κ1) is 32.7. The van der Waals surface area contributed by atoms with Crippen molar-refractivity contribution in [1.29, 1.82) is 5.26 Å². The third-order valence-corrected chi connectivity index (χ3v) is 7.86. The predicted octanol–water partition coefficient (Wildman–Crippen LogP) is 6.87. The van der Waals surface area contributed by atoms with Gasteiger partial charge in [-0.05, 0) is 62.2 Å². The van der Waals surface area contributed by atoms with Crippen molar-refractivity contribution in [1.82, 2.24) is 14.9 Å². The summed E-state index contributed by atoms with van der Waals surface area (Å²) in [5.74, 6) is 0.725. The van der Waals surface area contributed by atoms with Crippen molar-refractivity contribution < 1.29 is 19.0 Å². The highest BCUT2D eigenvalue weighted by molar-refractivity contribution is 6.32. The first-order valence-corrected chi connectivity index (χ1v) is 15.7. The van der Waals surface area contributed by atoms with E-state index >= 15 is 0 Å². The van der Waals surface area contributed by atoms with E-state index in [1.807, 2.05) is 24.3 Å². The molecule has 1 saturated heterocycles. The third-order valence-electron chi connectivity index (χ3n) is 7.57. The largest absolute Gasteiger partial charge is 0.489 e. The number of ether oxygens (including phenoxy) is 3. The molecule has 4 aromatic rings. The summed E-state index contributed by atoms with van der Waals surface area (Å²) in [4.78, 5) is 24.4. The Morgan fingerprint density at radius 3 is 2.65 bits per heavy atom. The summed E-state index contributed by atoms with van der Waals surface area (Å²) in [5, 5.41) is 17.3. The summed E-state index contributed by atoms with van der Waals surface area (Å²) in [5.41, 5.74) is 4.43. The van der Waals surface area contributed by atoms with Crippen molar-refractivity contribution >= 4 is 45.5 Å². The highest BCUT2D eigenvalue weighted by Gasteiger charge is 2.18. The molecule has 11 heteroatoms. The molecule has 1 fully saturated rings. The van der Waals surface area contributed by atoms with Gasteiger partial charge < -0.3 is 29.7 Å². The topological polar surface area (TPSA) is 122 Å². The second-order valence-electron chi connectivity index (χ2n) is 10.9. The summed E-state index contributed by atoms with van der Waals surface area (Å²) in [6, 6.07) is 16.7. The predicted molar refractivity (Wildman–Crippen MR) is 180 cm³/mol. The average molecular weight is 641 g/mol. The number of rotatable bonds is 13. The number of piperidine rings is 1. The van der Waals surface area contributed by atoms with Gasteiger partial charge in [0.25, 0.3) is 0 Å². The van der Waals surface area contributed by atoms with Crippen molar-refractivity contribution in [2.24, 2.45) is 0 Å². The van der Waals surface area contributed by atoms with E-state index in [0.717, 1.165) is 50.2 Å². The normalized spacial score (nSPS) is 13.2. The lowest BCUT2D eigenvalue weighted by molar-refractivity contribution is -0.112. The van der Waals surface area contributed by atoms with Gasteiger partial charge in [0.05, 0.1) is 39.8 Å². The molecule has 1 aliphatic heterocycles. The van der Waals surface area contributed by atoms with Gasteiger partial charge in [-0.1, -0.05) is 30.2 Å². The number of carbonyl (C=O) groups excluding carboxylic acids is 1. The molecule has 0 aliphatic carbocycles. The zero-order valence-electron chi connectivity index (χ0n) is 26.0. The number of nitriles is 1. The van der Waals surface area contributed by atoms with E-state index in [1.54, 1.807) is 43.6 Å². The lowest BCUT2D eigenvalue weighted by Crippen LogP contribution is -2.31. The number of nitrogens with zero attached hydrogens (tertiary/aromatic N) is 4. The number of nitrogens with one attached hydrogen (secondary N) is 2. The molecule has 0 bridgehead atoms. The minimum atomic E-state index is -0.234. The van der Waals surface area contributed by atoms with Crippen LogP contribution in [-0.4, -0.2) is 60.7 Å². The fourth-order valence-electron chi connectivity index (χ4n) is 5.25. The van der Waals surface area contributed by atoms with Gasteiger partial charge in [0.2, 0.25) is 5.91 Å². The van der Waals surface area contributed by atoms with Crippen LogP contribution in [0, 0.1) is 11.3 Å². The third kappa shape index (κ3) is 8.52. The molecule has 238 valence electrons. The summed E-state index contributed by atoms with van der Waals surface area (Å²) in [6.45, 7) is 6.09. The second kappa shape index (κ2) is 16.0. The van der Waals surface area contributed by atoms with Crippen LogP contribution in [0.4, 0.5) is 17.1 Å². The molecule has 0 atom stereocenters. The van der Waals surface area contributed by atoms with Crippen LogP contribution in [-0.2, 0) is 16.1 Å². The van der Waals surface area contributed by atoms with Crippen LogP contribution in [0.2, 0.25) is 5.02 Å². The molecule has 2 aromatic carbocycles. The molecule has 10 nitrogen and oxygen atoms in total. The molecule has 0 unspecified atom stereocenters. The molecule has 3 heterocycles. The van der Waals surface area contributed by atoms with Gasteiger partial charge in [0.15, 0.2) is 0 Å². The second-order valence-corrected chi connectivity index (χ2v) is 11.3. The number of carbonyl (C=O) groups is 1. The SMILES string of the molecule is CCCN1CCC(=CC(=O)Nc2cc3c(Nc4ccc(OCc5ccccn5)c(Cl)c4)c(C#N)cnc3cc2OCCOC)CC1. The van der Waals surface area contributed by atoms with Gasteiger partial charge in [-0.3, -0.25) is 14.8 Å². The van der Waals surface area contributed by atoms with Crippen molar-refractivity contribution in [2.75, 3.05) is 50.6 Å². The van der Waals surface area contributed by atoms with Crippen molar-refractivity contribution in [2.45, 2.75) is 32.8 Å². The number of methoxy groups -OCH3 is 1. The Balaban J connectivity index is 1.41. The Morgan fingerprint density at radius 2 is 1.93 bits per heavy atom. The van der Waals surface area contributed by atoms with Crippen LogP contribution in [0.15, 0.2) is 72.6 Å². The number of pyridine rings is 2. The van der Waals surface area contributed by atoms with Crippen LogP contribution in [0.5, 0.6) is 11.5 Å². The maximum Gasteiger partial charge on any atom is 0.248 e. The Kier molecular flexibility index (Phi) is 11.4. The fraction of sp³-hybridized carbons (Fsp3) is 0.314. The van der Waals surface area contributed by atoms with E-state index in [1.165, 1.54) is 6.20 Å². The van der Waals surface area contributed by atoms with Crippen molar-refractivity contribution in [3.05, 3.63) is 88.9 Å². The minimum Gasteiger partial charge on any atom is -0.489 e. The highest BCUT2D eigenvalue weighted by Crippen LogP contribution is 2.37. The van der Waals surface area contributed by atoms with Gasteiger partial charge in [-0.2, -0.15) is 5.26 Å². The van der Waals surface area contributed by atoms with Gasteiger partial charge in [-0.25, -0.2) is 0 Å². The van der Waals surface area contributed by atoms with E-state index in [0.29, 0.717) is 56.7 Å². The summed E-state index contributed by atoms with van der Waals surface area (Å²) in [6.07, 6.45) is 7.74. The monoisotopic (exact) mass is 640 g/mol. The zero-order valence-corrected chi connectivity index (χ0v) is 26.8. The van der Waals surface area contributed by atoms with E-state index in [2.05, 4.69) is 38.5 Å². The highest BCUT2D eigenvalue weighted by atomic mass is 35.5. The molecule has 0 spiro atoms. The van der Waals surface area contributed by atoms with E-state index in [-0.39, 0.29) is 19.1 Å². The molecule has 2 aromatic heterocycles. The van der Waals surface area contributed by atoms with Crippen LogP contribution in [0.3, 0.4) is 0 Å². The lowest BCUT2D eigenvalue weighted by Gasteiger charge is -2.27. The first-order chi connectivity index (χ1) is 22.5. The van der Waals surface area contributed by atoms with Crippen LogP contribution in [0.1, 0.15) is 37.4 Å². The summed E-state index contributed by atoms with van der Waals surface area (Å²) < 4.78 is 17.0. The number of fused-ring (bicyclic) bond motifs is 1. The van der Waals surface area contributed by atoms with E-state index in [9.17, 15) is 10.1 Å². The zero-order chi connectivity index (χ0) is 32.3. The molecule has 5 rings (SSSR count). The molecule has 1 amide bonds. The number of anilines is 3.